The smallest absolute Gasteiger partial charge is 0.419 e. The zero-order chi connectivity index (χ0) is 18.8. The van der Waals surface area contributed by atoms with Gasteiger partial charge in [-0.2, -0.15) is 13.2 Å². The van der Waals surface area contributed by atoms with Gasteiger partial charge in [0.05, 0.1) is 11.0 Å². The molecule has 138 valence electrons. The summed E-state index contributed by atoms with van der Waals surface area (Å²) in [4.78, 5) is 11.5. The Labute approximate surface area is 149 Å². The molecule has 0 radical (unpaired) electrons. The van der Waals surface area contributed by atoms with E-state index < -0.39 is 23.1 Å². The van der Waals surface area contributed by atoms with Crippen LogP contribution in [0.15, 0.2) is 48.5 Å². The normalized spacial score (nSPS) is 16.0. The number of hydrogen-bond acceptors (Lipinski definition) is 2. The second-order valence-electron chi connectivity index (χ2n) is 6.72. The van der Waals surface area contributed by atoms with Crippen LogP contribution in [-0.2, 0) is 24.0 Å². The van der Waals surface area contributed by atoms with E-state index in [9.17, 15) is 23.1 Å². The molecule has 0 amide bonds. The third-order valence-corrected chi connectivity index (χ3v) is 4.90. The van der Waals surface area contributed by atoms with Crippen LogP contribution in [0.5, 0.6) is 5.75 Å². The summed E-state index contributed by atoms with van der Waals surface area (Å²) in [5, 5.41) is 9.44. The van der Waals surface area contributed by atoms with E-state index in [2.05, 4.69) is 0 Å². The number of aliphatic carboxylic acids is 1. The minimum atomic E-state index is -4.54. The molecule has 0 heterocycles. The van der Waals surface area contributed by atoms with Crippen molar-refractivity contribution in [3.8, 4) is 5.75 Å². The maximum Gasteiger partial charge on any atom is 0.419 e. The van der Waals surface area contributed by atoms with Crippen molar-refractivity contribution in [2.75, 3.05) is 0 Å². The van der Waals surface area contributed by atoms with E-state index in [-0.39, 0.29) is 18.8 Å². The molecule has 6 heteroatoms. The molecular formula is C20H19F3O3. The van der Waals surface area contributed by atoms with E-state index >= 15 is 0 Å². The second-order valence-corrected chi connectivity index (χ2v) is 6.72. The molecule has 26 heavy (non-hydrogen) atoms. The van der Waals surface area contributed by atoms with Crippen LogP contribution in [0.25, 0.3) is 0 Å². The predicted molar refractivity (Wildman–Crippen MR) is 89.8 cm³/mol. The number of ether oxygens (including phenoxy) is 1. The highest BCUT2D eigenvalue weighted by Gasteiger charge is 2.44. The first-order chi connectivity index (χ1) is 12.3. The highest BCUT2D eigenvalue weighted by Crippen LogP contribution is 2.45. The number of rotatable bonds is 6. The molecule has 1 aliphatic carbocycles. The minimum absolute atomic E-state index is 0.0114. The average molecular weight is 364 g/mol. The van der Waals surface area contributed by atoms with Gasteiger partial charge in [0, 0.05) is 0 Å². The quantitative estimate of drug-likeness (QED) is 0.777. The van der Waals surface area contributed by atoms with Crippen molar-refractivity contribution >= 4 is 5.97 Å². The lowest BCUT2D eigenvalue weighted by atomic mass is 9.65. The SMILES string of the molecule is O=C(O)C1(Cc2ccc(C(F)(F)F)c(OCc3ccccc3)c2)CCC1. The first-order valence-corrected chi connectivity index (χ1v) is 8.40. The summed E-state index contributed by atoms with van der Waals surface area (Å²) in [6.07, 6.45) is -2.41. The van der Waals surface area contributed by atoms with Crippen LogP contribution in [-0.4, -0.2) is 11.1 Å². The number of benzene rings is 2. The lowest BCUT2D eigenvalue weighted by Crippen LogP contribution is -2.39. The number of halogens is 3. The van der Waals surface area contributed by atoms with Gasteiger partial charge >= 0.3 is 12.1 Å². The zero-order valence-corrected chi connectivity index (χ0v) is 14.1. The number of carboxylic acid groups (broad SMARTS) is 1. The molecule has 0 spiro atoms. The van der Waals surface area contributed by atoms with Crippen LogP contribution in [0, 0.1) is 5.41 Å². The zero-order valence-electron chi connectivity index (χ0n) is 14.1. The fourth-order valence-corrected chi connectivity index (χ4v) is 3.23. The van der Waals surface area contributed by atoms with Crippen molar-refractivity contribution < 1.29 is 27.8 Å². The fraction of sp³-hybridized carbons (Fsp3) is 0.350. The van der Waals surface area contributed by atoms with Crippen LogP contribution in [0.2, 0.25) is 0 Å². The summed E-state index contributed by atoms with van der Waals surface area (Å²) in [7, 11) is 0. The van der Waals surface area contributed by atoms with Gasteiger partial charge in [0.2, 0.25) is 0 Å². The predicted octanol–water partition coefficient (Wildman–Crippen LogP) is 5.08. The van der Waals surface area contributed by atoms with E-state index in [0.29, 0.717) is 18.4 Å². The molecule has 0 unspecified atom stereocenters. The Bertz CT molecular complexity index is 781. The van der Waals surface area contributed by atoms with Gasteiger partial charge in [0.15, 0.2) is 0 Å². The summed E-state index contributed by atoms with van der Waals surface area (Å²) in [6.45, 7) is 0.0114. The van der Waals surface area contributed by atoms with Crippen LogP contribution < -0.4 is 4.74 Å². The first kappa shape index (κ1) is 18.3. The van der Waals surface area contributed by atoms with Gasteiger partial charge in [0.25, 0.3) is 0 Å². The molecule has 0 atom stereocenters. The van der Waals surface area contributed by atoms with Gasteiger partial charge in [0.1, 0.15) is 12.4 Å². The van der Waals surface area contributed by atoms with E-state index in [0.717, 1.165) is 18.1 Å². The molecule has 1 saturated carbocycles. The van der Waals surface area contributed by atoms with Gasteiger partial charge in [-0.25, -0.2) is 0 Å². The molecule has 0 aromatic heterocycles. The summed E-state index contributed by atoms with van der Waals surface area (Å²) in [5.74, 6) is -1.16. The molecule has 0 saturated heterocycles. The third-order valence-electron chi connectivity index (χ3n) is 4.90. The van der Waals surface area contributed by atoms with Crippen molar-refractivity contribution in [1.29, 1.82) is 0 Å². The average Bonchev–Trinajstić information content (AvgIpc) is 2.56. The monoisotopic (exact) mass is 364 g/mol. The molecule has 0 aliphatic heterocycles. The minimum Gasteiger partial charge on any atom is -0.488 e. The van der Waals surface area contributed by atoms with Crippen molar-refractivity contribution in [2.45, 2.75) is 38.5 Å². The van der Waals surface area contributed by atoms with Gasteiger partial charge in [-0.05, 0) is 42.5 Å². The number of carbonyl (C=O) groups is 1. The molecule has 0 bridgehead atoms. The first-order valence-electron chi connectivity index (χ1n) is 8.40. The van der Waals surface area contributed by atoms with Crippen molar-refractivity contribution in [2.24, 2.45) is 5.41 Å². The molecule has 3 nitrogen and oxygen atoms in total. The van der Waals surface area contributed by atoms with Crippen LogP contribution >= 0.6 is 0 Å². The van der Waals surface area contributed by atoms with Crippen molar-refractivity contribution in [1.82, 2.24) is 0 Å². The molecular weight excluding hydrogens is 345 g/mol. The Morgan fingerprint density at radius 3 is 2.31 bits per heavy atom. The largest absolute Gasteiger partial charge is 0.488 e. The Kier molecular flexibility index (Phi) is 4.94. The van der Waals surface area contributed by atoms with Crippen LogP contribution in [0.1, 0.15) is 36.0 Å². The van der Waals surface area contributed by atoms with Crippen LogP contribution in [0.3, 0.4) is 0 Å². The molecule has 1 N–H and O–H groups in total. The van der Waals surface area contributed by atoms with Crippen molar-refractivity contribution in [3.63, 3.8) is 0 Å². The van der Waals surface area contributed by atoms with Gasteiger partial charge in [-0.15, -0.1) is 0 Å². The molecule has 2 aromatic carbocycles. The van der Waals surface area contributed by atoms with Gasteiger partial charge in [-0.1, -0.05) is 42.8 Å². The highest BCUT2D eigenvalue weighted by molar-refractivity contribution is 5.76. The molecule has 3 rings (SSSR count). The summed E-state index contributed by atoms with van der Waals surface area (Å²) in [5.41, 5.74) is -0.415. The molecule has 1 aliphatic rings. The second kappa shape index (κ2) is 7.02. The van der Waals surface area contributed by atoms with E-state index in [1.165, 1.54) is 12.1 Å². The lowest BCUT2D eigenvalue weighted by Gasteiger charge is -2.37. The third kappa shape index (κ3) is 3.84. The van der Waals surface area contributed by atoms with Gasteiger partial charge < -0.3 is 9.84 Å². The van der Waals surface area contributed by atoms with E-state index in [1.54, 1.807) is 24.3 Å². The Hall–Kier alpha value is -2.50. The van der Waals surface area contributed by atoms with E-state index in [1.807, 2.05) is 6.07 Å². The number of hydrogen-bond donors (Lipinski definition) is 1. The number of alkyl halides is 3. The molecule has 1 fully saturated rings. The standard InChI is InChI=1S/C20H19F3O3/c21-20(22,23)16-8-7-15(12-19(18(24)25)9-4-10-19)11-17(16)26-13-14-5-2-1-3-6-14/h1-3,5-8,11H,4,9-10,12-13H2,(H,24,25). The van der Waals surface area contributed by atoms with Crippen LogP contribution in [0.4, 0.5) is 13.2 Å². The van der Waals surface area contributed by atoms with E-state index in [4.69, 9.17) is 4.74 Å². The summed E-state index contributed by atoms with van der Waals surface area (Å²) >= 11 is 0. The highest BCUT2D eigenvalue weighted by atomic mass is 19.4. The Morgan fingerprint density at radius 1 is 1.08 bits per heavy atom. The lowest BCUT2D eigenvalue weighted by molar-refractivity contribution is -0.154. The Morgan fingerprint density at radius 2 is 1.77 bits per heavy atom. The van der Waals surface area contributed by atoms with Gasteiger partial charge in [-0.3, -0.25) is 4.79 Å². The summed E-state index contributed by atoms with van der Waals surface area (Å²) < 4.78 is 45.3. The maximum absolute atomic E-state index is 13.3. The number of carboxylic acids is 1. The molecule has 2 aromatic rings. The topological polar surface area (TPSA) is 46.5 Å². The maximum atomic E-state index is 13.3. The summed E-state index contributed by atoms with van der Waals surface area (Å²) in [6, 6.07) is 12.6. The van der Waals surface area contributed by atoms with Crippen molar-refractivity contribution in [3.05, 3.63) is 65.2 Å². The fourth-order valence-electron chi connectivity index (χ4n) is 3.23. The Balaban J connectivity index is 1.85.